The third-order valence-electron chi connectivity index (χ3n) is 5.32. The number of halogens is 2. The molecule has 2 fully saturated rings. The van der Waals surface area contributed by atoms with E-state index in [2.05, 4.69) is 10.8 Å². The van der Waals surface area contributed by atoms with E-state index >= 15 is 0 Å². The van der Waals surface area contributed by atoms with Gasteiger partial charge in [-0.15, -0.1) is 0 Å². The first-order valence-electron chi connectivity index (χ1n) is 9.12. The second kappa shape index (κ2) is 8.13. The number of ether oxygens (including phenoxy) is 3. The van der Waals surface area contributed by atoms with Crippen molar-refractivity contribution in [2.45, 2.75) is 44.1 Å². The molecule has 1 aromatic rings. The Bertz CT molecular complexity index is 794. The van der Waals surface area contributed by atoms with Gasteiger partial charge in [0, 0.05) is 6.42 Å². The van der Waals surface area contributed by atoms with E-state index in [4.69, 9.17) is 9.47 Å². The van der Waals surface area contributed by atoms with Crippen molar-refractivity contribution < 1.29 is 32.6 Å². The lowest BCUT2D eigenvalue weighted by molar-refractivity contribution is -0.151. The minimum Gasteiger partial charge on any atom is -0.489 e. The van der Waals surface area contributed by atoms with Crippen LogP contribution in [0.25, 0.3) is 0 Å². The molecule has 8 heteroatoms. The standard InChI is InChI=1S/C20H21F2NO5/c1-26-18(25)14-9-20(11-23,7-6-15(14)24)13-4-5-16(28-19(21)22)17(8-13)27-10-12-2-3-12/h4-5,8,12,14,19H,2-3,6-7,9-10H2,1H3/t14-,20-/m0/s1. The van der Waals surface area contributed by atoms with Crippen molar-refractivity contribution in [3.8, 4) is 17.6 Å². The summed E-state index contributed by atoms with van der Waals surface area (Å²) in [6.45, 7) is -2.62. The molecule has 28 heavy (non-hydrogen) atoms. The molecule has 2 saturated carbocycles. The zero-order chi connectivity index (χ0) is 20.3. The molecule has 0 unspecified atom stereocenters. The number of nitriles is 1. The number of alkyl halides is 2. The van der Waals surface area contributed by atoms with Crippen LogP contribution < -0.4 is 9.47 Å². The first kappa shape index (κ1) is 20.1. The van der Waals surface area contributed by atoms with Gasteiger partial charge in [-0.05, 0) is 49.3 Å². The summed E-state index contributed by atoms with van der Waals surface area (Å²) < 4.78 is 40.3. The van der Waals surface area contributed by atoms with Crippen LogP contribution in [-0.4, -0.2) is 32.1 Å². The lowest BCUT2D eigenvalue weighted by atomic mass is 9.66. The lowest BCUT2D eigenvalue weighted by Gasteiger charge is -2.34. The molecular formula is C20H21F2NO5. The van der Waals surface area contributed by atoms with Crippen LogP contribution in [0.3, 0.4) is 0 Å². The fraction of sp³-hybridized carbons (Fsp3) is 0.550. The van der Waals surface area contributed by atoms with Gasteiger partial charge in [-0.3, -0.25) is 9.59 Å². The SMILES string of the molecule is COC(=O)[C@H]1C[C@@](C#N)(c2ccc(OC(F)F)c(OCC3CC3)c2)CCC1=O. The van der Waals surface area contributed by atoms with Gasteiger partial charge in [-0.1, -0.05) is 6.07 Å². The minimum atomic E-state index is -3.00. The Morgan fingerprint density at radius 1 is 1.36 bits per heavy atom. The largest absolute Gasteiger partial charge is 0.489 e. The van der Waals surface area contributed by atoms with E-state index in [0.29, 0.717) is 18.1 Å². The Labute approximate surface area is 161 Å². The quantitative estimate of drug-likeness (QED) is 0.521. The van der Waals surface area contributed by atoms with E-state index in [1.165, 1.54) is 25.3 Å². The van der Waals surface area contributed by atoms with Crippen molar-refractivity contribution in [1.29, 1.82) is 5.26 Å². The van der Waals surface area contributed by atoms with Crippen LogP contribution in [0.15, 0.2) is 18.2 Å². The van der Waals surface area contributed by atoms with Gasteiger partial charge >= 0.3 is 12.6 Å². The van der Waals surface area contributed by atoms with E-state index in [1.54, 1.807) is 0 Å². The maximum absolute atomic E-state index is 12.7. The Kier molecular flexibility index (Phi) is 5.82. The second-order valence-electron chi connectivity index (χ2n) is 7.23. The van der Waals surface area contributed by atoms with Crippen molar-refractivity contribution >= 4 is 11.8 Å². The molecule has 0 spiro atoms. The Morgan fingerprint density at radius 2 is 2.11 bits per heavy atom. The van der Waals surface area contributed by atoms with Crippen LogP contribution in [0, 0.1) is 23.2 Å². The van der Waals surface area contributed by atoms with Crippen molar-refractivity contribution in [1.82, 2.24) is 0 Å². The fourth-order valence-electron chi connectivity index (χ4n) is 3.46. The van der Waals surface area contributed by atoms with Crippen molar-refractivity contribution in [2.24, 2.45) is 11.8 Å². The summed E-state index contributed by atoms with van der Waals surface area (Å²) in [5.41, 5.74) is -0.614. The molecule has 0 N–H and O–H groups in total. The van der Waals surface area contributed by atoms with Gasteiger partial charge in [0.05, 0.1) is 25.2 Å². The molecule has 0 saturated heterocycles. The van der Waals surface area contributed by atoms with Gasteiger partial charge in [-0.2, -0.15) is 14.0 Å². The molecule has 0 aliphatic heterocycles. The van der Waals surface area contributed by atoms with Crippen LogP contribution in [0.5, 0.6) is 11.5 Å². The number of ketones is 1. The maximum atomic E-state index is 12.7. The number of hydrogen-bond acceptors (Lipinski definition) is 6. The fourth-order valence-corrected chi connectivity index (χ4v) is 3.46. The van der Waals surface area contributed by atoms with Crippen LogP contribution in [0.2, 0.25) is 0 Å². The lowest BCUT2D eigenvalue weighted by Crippen LogP contribution is -2.40. The first-order valence-corrected chi connectivity index (χ1v) is 9.12. The zero-order valence-electron chi connectivity index (χ0n) is 15.5. The molecule has 6 nitrogen and oxygen atoms in total. The number of methoxy groups -OCH3 is 1. The highest BCUT2D eigenvalue weighted by atomic mass is 19.3. The Morgan fingerprint density at radius 3 is 2.71 bits per heavy atom. The van der Waals surface area contributed by atoms with Crippen LogP contribution in [-0.2, 0) is 19.7 Å². The molecule has 2 atom stereocenters. The predicted molar refractivity (Wildman–Crippen MR) is 92.9 cm³/mol. The summed E-state index contributed by atoms with van der Waals surface area (Å²) in [5, 5.41) is 9.88. The Balaban J connectivity index is 1.92. The summed E-state index contributed by atoms with van der Waals surface area (Å²) in [6, 6.07) is 6.58. The summed E-state index contributed by atoms with van der Waals surface area (Å²) >= 11 is 0. The summed E-state index contributed by atoms with van der Waals surface area (Å²) in [6.07, 6.45) is 2.31. The Hall–Kier alpha value is -2.69. The van der Waals surface area contributed by atoms with Crippen LogP contribution in [0.4, 0.5) is 8.78 Å². The molecule has 0 bridgehead atoms. The molecule has 0 amide bonds. The summed E-state index contributed by atoms with van der Waals surface area (Å²) in [4.78, 5) is 24.1. The number of carbonyl (C=O) groups is 2. The molecule has 3 rings (SSSR count). The van der Waals surface area contributed by atoms with Gasteiger partial charge in [0.15, 0.2) is 11.5 Å². The molecule has 1 aromatic carbocycles. The number of carbonyl (C=O) groups excluding carboxylic acids is 2. The van der Waals surface area contributed by atoms with Crippen molar-refractivity contribution in [2.75, 3.05) is 13.7 Å². The van der Waals surface area contributed by atoms with E-state index in [0.717, 1.165) is 12.8 Å². The van der Waals surface area contributed by atoms with E-state index in [1.807, 2.05) is 0 Å². The van der Waals surface area contributed by atoms with E-state index < -0.39 is 23.9 Å². The average molecular weight is 393 g/mol. The number of hydrogen-bond donors (Lipinski definition) is 0. The molecule has 2 aliphatic rings. The third-order valence-corrected chi connectivity index (χ3v) is 5.32. The zero-order valence-corrected chi connectivity index (χ0v) is 15.5. The van der Waals surface area contributed by atoms with E-state index in [9.17, 15) is 23.6 Å². The highest BCUT2D eigenvalue weighted by molar-refractivity contribution is 6.00. The van der Waals surface area contributed by atoms with Crippen molar-refractivity contribution in [3.63, 3.8) is 0 Å². The monoisotopic (exact) mass is 393 g/mol. The average Bonchev–Trinajstić information content (AvgIpc) is 3.51. The second-order valence-corrected chi connectivity index (χ2v) is 7.23. The minimum absolute atomic E-state index is 0.0217. The number of benzene rings is 1. The smallest absolute Gasteiger partial charge is 0.387 e. The number of nitrogens with zero attached hydrogens (tertiary/aromatic N) is 1. The third kappa shape index (κ3) is 4.24. The highest BCUT2D eigenvalue weighted by Gasteiger charge is 2.45. The predicted octanol–water partition coefficient (Wildman–Crippen LogP) is 3.38. The van der Waals surface area contributed by atoms with Gasteiger partial charge in [0.1, 0.15) is 11.7 Å². The molecule has 0 radical (unpaired) electrons. The first-order chi connectivity index (χ1) is 13.4. The topological polar surface area (TPSA) is 85.6 Å². The van der Waals surface area contributed by atoms with Crippen LogP contribution >= 0.6 is 0 Å². The molecule has 0 heterocycles. The highest BCUT2D eigenvalue weighted by Crippen LogP contribution is 2.44. The summed E-state index contributed by atoms with van der Waals surface area (Å²) in [5.74, 6) is -1.54. The maximum Gasteiger partial charge on any atom is 0.387 e. The molecule has 0 aromatic heterocycles. The molecule has 2 aliphatic carbocycles. The number of esters is 1. The summed E-state index contributed by atoms with van der Waals surface area (Å²) in [7, 11) is 1.19. The number of rotatable bonds is 7. The molecular weight excluding hydrogens is 372 g/mol. The normalized spacial score (nSPS) is 24.5. The van der Waals surface area contributed by atoms with Crippen LogP contribution in [0.1, 0.15) is 37.7 Å². The van der Waals surface area contributed by atoms with Gasteiger partial charge in [-0.25, -0.2) is 0 Å². The number of Topliss-reactive ketones (excluding diaryl/α,β-unsaturated/α-hetero) is 1. The van der Waals surface area contributed by atoms with Crippen molar-refractivity contribution in [3.05, 3.63) is 23.8 Å². The molecule has 150 valence electrons. The van der Waals surface area contributed by atoms with Gasteiger partial charge in [0.25, 0.3) is 0 Å². The van der Waals surface area contributed by atoms with Gasteiger partial charge < -0.3 is 14.2 Å². The van der Waals surface area contributed by atoms with Gasteiger partial charge in [0.2, 0.25) is 0 Å². The van der Waals surface area contributed by atoms with E-state index in [-0.39, 0.29) is 36.5 Å².